The van der Waals surface area contributed by atoms with Crippen LogP contribution < -0.4 is 0 Å². The highest BCUT2D eigenvalue weighted by Crippen LogP contribution is 2.15. The van der Waals surface area contributed by atoms with Crippen LogP contribution >= 0.6 is 0 Å². The molecule has 2 aromatic carbocycles. The fourth-order valence-electron chi connectivity index (χ4n) is 1.92. The van der Waals surface area contributed by atoms with Crippen molar-refractivity contribution in [2.24, 2.45) is 0 Å². The molecule has 2 rings (SSSR count). The number of benzene rings is 2. The molecule has 0 bridgehead atoms. The van der Waals surface area contributed by atoms with E-state index in [4.69, 9.17) is 0 Å². The summed E-state index contributed by atoms with van der Waals surface area (Å²) in [6.45, 7) is 2.14. The van der Waals surface area contributed by atoms with Gasteiger partial charge in [0.25, 0.3) is 0 Å². The smallest absolute Gasteiger partial charge is 0.166 e. The Labute approximate surface area is 112 Å². The van der Waals surface area contributed by atoms with E-state index in [2.05, 4.69) is 19.1 Å². The van der Waals surface area contributed by atoms with Crippen LogP contribution in [0.4, 0.5) is 8.78 Å². The van der Waals surface area contributed by atoms with E-state index in [1.165, 1.54) is 11.6 Å². The van der Waals surface area contributed by atoms with Crippen LogP contribution in [-0.4, -0.2) is 0 Å². The van der Waals surface area contributed by atoms with E-state index in [1.54, 1.807) is 18.2 Å². The molecule has 0 aliphatic carbocycles. The normalized spacial score (nSPS) is 11.1. The van der Waals surface area contributed by atoms with Gasteiger partial charge in [-0.05, 0) is 23.6 Å². The third-order valence-electron chi connectivity index (χ3n) is 2.96. The summed E-state index contributed by atoms with van der Waals surface area (Å²) in [7, 11) is 0. The third kappa shape index (κ3) is 3.50. The summed E-state index contributed by atoms with van der Waals surface area (Å²) in [6.07, 6.45) is 5.55. The molecule has 0 fully saturated rings. The Morgan fingerprint density at radius 1 is 0.947 bits per heavy atom. The van der Waals surface area contributed by atoms with Crippen molar-refractivity contribution in [2.75, 3.05) is 0 Å². The van der Waals surface area contributed by atoms with E-state index in [9.17, 15) is 8.78 Å². The number of aryl methyl sites for hydroxylation is 1. The second-order valence-corrected chi connectivity index (χ2v) is 4.47. The van der Waals surface area contributed by atoms with E-state index >= 15 is 0 Å². The van der Waals surface area contributed by atoms with Crippen LogP contribution in [0.2, 0.25) is 0 Å². The molecule has 0 nitrogen and oxygen atoms in total. The minimum absolute atomic E-state index is 0.262. The first-order chi connectivity index (χ1) is 9.20. The molecule has 0 heterocycles. The van der Waals surface area contributed by atoms with Crippen LogP contribution in [0.3, 0.4) is 0 Å². The Hall–Kier alpha value is -1.96. The fourth-order valence-corrected chi connectivity index (χ4v) is 1.92. The topological polar surface area (TPSA) is 0 Å². The van der Waals surface area contributed by atoms with E-state index in [0.717, 1.165) is 24.5 Å². The molecule has 0 aromatic heterocycles. The zero-order chi connectivity index (χ0) is 13.7. The van der Waals surface area contributed by atoms with E-state index in [-0.39, 0.29) is 5.56 Å². The number of hydrogen-bond acceptors (Lipinski definition) is 0. The Morgan fingerprint density at radius 2 is 1.68 bits per heavy atom. The average molecular weight is 258 g/mol. The highest BCUT2D eigenvalue weighted by atomic mass is 19.2. The molecule has 2 aromatic rings. The first-order valence-electron chi connectivity index (χ1n) is 6.41. The van der Waals surface area contributed by atoms with Crippen LogP contribution in [0, 0.1) is 11.6 Å². The lowest BCUT2D eigenvalue weighted by atomic mass is 10.1. The van der Waals surface area contributed by atoms with Crippen LogP contribution in [0.5, 0.6) is 0 Å². The molecule has 0 atom stereocenters. The van der Waals surface area contributed by atoms with Crippen molar-refractivity contribution in [1.29, 1.82) is 0 Å². The van der Waals surface area contributed by atoms with Crippen LogP contribution in [-0.2, 0) is 6.42 Å². The molecule has 0 radical (unpaired) electrons. The molecular formula is C17H16F2. The zero-order valence-electron chi connectivity index (χ0n) is 10.9. The van der Waals surface area contributed by atoms with Gasteiger partial charge in [-0.15, -0.1) is 0 Å². The van der Waals surface area contributed by atoms with Crippen molar-refractivity contribution >= 4 is 12.2 Å². The molecule has 0 aliphatic rings. The van der Waals surface area contributed by atoms with E-state index in [1.807, 2.05) is 12.1 Å². The van der Waals surface area contributed by atoms with Crippen molar-refractivity contribution in [1.82, 2.24) is 0 Å². The molecule has 0 amide bonds. The van der Waals surface area contributed by atoms with Gasteiger partial charge >= 0.3 is 0 Å². The zero-order valence-corrected chi connectivity index (χ0v) is 10.9. The SMILES string of the molecule is CCCc1ccc(C=Cc2cccc(F)c2F)cc1. The molecule has 98 valence electrons. The molecule has 0 aliphatic heterocycles. The summed E-state index contributed by atoms with van der Waals surface area (Å²) in [5.74, 6) is -1.62. The average Bonchev–Trinajstić information content (AvgIpc) is 2.42. The van der Waals surface area contributed by atoms with Gasteiger partial charge < -0.3 is 0 Å². The van der Waals surface area contributed by atoms with Crippen molar-refractivity contribution in [3.8, 4) is 0 Å². The summed E-state index contributed by atoms with van der Waals surface area (Å²) in [4.78, 5) is 0. The second kappa shape index (κ2) is 6.28. The highest BCUT2D eigenvalue weighted by Gasteiger charge is 2.03. The lowest BCUT2D eigenvalue weighted by molar-refractivity contribution is 0.507. The number of halogens is 2. The predicted molar refractivity (Wildman–Crippen MR) is 75.7 cm³/mol. The largest absolute Gasteiger partial charge is 0.204 e. The summed E-state index contributed by atoms with van der Waals surface area (Å²) < 4.78 is 26.5. The standard InChI is InChI=1S/C17H16F2/c1-2-4-13-7-9-14(10-8-13)11-12-15-5-3-6-16(18)17(15)19/h3,5-12H,2,4H2,1H3. The summed E-state index contributed by atoms with van der Waals surface area (Å²) in [5.41, 5.74) is 2.53. The molecule has 0 saturated carbocycles. The van der Waals surface area contributed by atoms with E-state index in [0.29, 0.717) is 0 Å². The minimum atomic E-state index is -0.819. The quantitative estimate of drug-likeness (QED) is 0.670. The Kier molecular flexibility index (Phi) is 4.45. The Morgan fingerprint density at radius 3 is 2.37 bits per heavy atom. The maximum atomic E-state index is 13.4. The summed E-state index contributed by atoms with van der Waals surface area (Å²) in [5, 5.41) is 0. The fraction of sp³-hybridized carbons (Fsp3) is 0.176. The van der Waals surface area contributed by atoms with Gasteiger partial charge in [0.2, 0.25) is 0 Å². The highest BCUT2D eigenvalue weighted by molar-refractivity contribution is 5.69. The predicted octanol–water partition coefficient (Wildman–Crippen LogP) is 5.09. The molecule has 0 saturated heterocycles. The number of hydrogen-bond donors (Lipinski definition) is 0. The lowest BCUT2D eigenvalue weighted by Crippen LogP contribution is -1.87. The maximum Gasteiger partial charge on any atom is 0.166 e. The molecule has 0 spiro atoms. The van der Waals surface area contributed by atoms with Gasteiger partial charge in [-0.1, -0.05) is 61.9 Å². The van der Waals surface area contributed by atoms with Crippen molar-refractivity contribution < 1.29 is 8.78 Å². The van der Waals surface area contributed by atoms with Gasteiger partial charge in [-0.3, -0.25) is 0 Å². The van der Waals surface area contributed by atoms with Crippen molar-refractivity contribution in [2.45, 2.75) is 19.8 Å². The Bertz CT molecular complexity index is 568. The van der Waals surface area contributed by atoms with Gasteiger partial charge in [-0.2, -0.15) is 0 Å². The van der Waals surface area contributed by atoms with Gasteiger partial charge in [0.15, 0.2) is 11.6 Å². The van der Waals surface area contributed by atoms with Crippen molar-refractivity contribution in [3.63, 3.8) is 0 Å². The van der Waals surface area contributed by atoms with Crippen molar-refractivity contribution in [3.05, 3.63) is 70.8 Å². The lowest BCUT2D eigenvalue weighted by Gasteiger charge is -2.00. The monoisotopic (exact) mass is 258 g/mol. The molecule has 2 heteroatoms. The van der Waals surface area contributed by atoms with Gasteiger partial charge in [0.05, 0.1) is 0 Å². The summed E-state index contributed by atoms with van der Waals surface area (Å²) in [6, 6.07) is 12.3. The molecular weight excluding hydrogens is 242 g/mol. The van der Waals surface area contributed by atoms with Crippen LogP contribution in [0.15, 0.2) is 42.5 Å². The molecule has 19 heavy (non-hydrogen) atoms. The second-order valence-electron chi connectivity index (χ2n) is 4.47. The van der Waals surface area contributed by atoms with E-state index < -0.39 is 11.6 Å². The van der Waals surface area contributed by atoms with Gasteiger partial charge in [-0.25, -0.2) is 8.78 Å². The first-order valence-corrected chi connectivity index (χ1v) is 6.41. The third-order valence-corrected chi connectivity index (χ3v) is 2.96. The van der Waals surface area contributed by atoms with Gasteiger partial charge in [0.1, 0.15) is 0 Å². The maximum absolute atomic E-state index is 13.4. The molecule has 0 unspecified atom stereocenters. The van der Waals surface area contributed by atoms with Crippen LogP contribution in [0.1, 0.15) is 30.0 Å². The Balaban J connectivity index is 2.16. The first kappa shape index (κ1) is 13.5. The number of rotatable bonds is 4. The minimum Gasteiger partial charge on any atom is -0.204 e. The summed E-state index contributed by atoms with van der Waals surface area (Å²) >= 11 is 0. The van der Waals surface area contributed by atoms with Crippen LogP contribution in [0.25, 0.3) is 12.2 Å². The molecule has 0 N–H and O–H groups in total. The van der Waals surface area contributed by atoms with Gasteiger partial charge in [0, 0.05) is 5.56 Å².